The first-order valence-electron chi connectivity index (χ1n) is 5.92. The second kappa shape index (κ2) is 6.68. The van der Waals surface area contributed by atoms with Crippen LogP contribution in [0.15, 0.2) is 48.8 Å². The number of alkyl halides is 2. The Balaban J connectivity index is 1.80. The molecule has 0 radical (unpaired) electrons. The molecule has 1 heterocycles. The maximum absolute atomic E-state index is 12.0. The van der Waals surface area contributed by atoms with Crippen LogP contribution in [-0.4, -0.2) is 18.1 Å². The lowest BCUT2D eigenvalue weighted by Crippen LogP contribution is -2.05. The summed E-state index contributed by atoms with van der Waals surface area (Å²) in [6, 6.07) is 10.3. The van der Waals surface area contributed by atoms with Crippen LogP contribution in [0.5, 0.6) is 5.75 Å². The van der Waals surface area contributed by atoms with Gasteiger partial charge < -0.3 is 10.1 Å². The van der Waals surface area contributed by atoms with Crippen molar-refractivity contribution in [1.29, 1.82) is 0 Å². The van der Waals surface area contributed by atoms with E-state index in [1.807, 2.05) is 18.3 Å². The van der Waals surface area contributed by atoms with Crippen molar-refractivity contribution in [3.63, 3.8) is 0 Å². The minimum atomic E-state index is -2.79. The van der Waals surface area contributed by atoms with Crippen LogP contribution in [0, 0.1) is 0 Å². The van der Waals surface area contributed by atoms with E-state index >= 15 is 0 Å². The van der Waals surface area contributed by atoms with Crippen LogP contribution in [0.3, 0.4) is 0 Å². The highest BCUT2D eigenvalue weighted by Gasteiger charge is 2.03. The van der Waals surface area contributed by atoms with Crippen LogP contribution in [0.2, 0.25) is 0 Å². The molecule has 19 heavy (non-hydrogen) atoms. The van der Waals surface area contributed by atoms with Gasteiger partial charge in [-0.2, -0.15) is 8.78 Å². The largest absolute Gasteiger partial charge is 0.435 e. The number of nitrogens with zero attached hydrogens (tertiary/aromatic N) is 1. The smallest absolute Gasteiger partial charge is 0.387 e. The Labute approximate surface area is 110 Å². The summed E-state index contributed by atoms with van der Waals surface area (Å²) in [6.45, 7) is -2.04. The summed E-state index contributed by atoms with van der Waals surface area (Å²) in [5.74, 6) is 0.160. The number of halogens is 2. The molecule has 0 aliphatic heterocycles. The third-order valence-electron chi connectivity index (χ3n) is 2.55. The van der Waals surface area contributed by atoms with Crippen LogP contribution < -0.4 is 10.1 Å². The van der Waals surface area contributed by atoms with Crippen molar-refractivity contribution >= 4 is 5.69 Å². The van der Waals surface area contributed by atoms with Crippen LogP contribution in [-0.2, 0) is 6.42 Å². The Morgan fingerprint density at radius 1 is 1.16 bits per heavy atom. The molecular weight excluding hydrogens is 250 g/mol. The lowest BCUT2D eigenvalue weighted by Gasteiger charge is -2.08. The molecule has 0 aliphatic carbocycles. The minimum Gasteiger partial charge on any atom is -0.435 e. The van der Waals surface area contributed by atoms with Crippen molar-refractivity contribution < 1.29 is 13.5 Å². The van der Waals surface area contributed by atoms with Crippen molar-refractivity contribution in [3.05, 3.63) is 54.4 Å². The maximum atomic E-state index is 12.0. The summed E-state index contributed by atoms with van der Waals surface area (Å²) in [5, 5.41) is 3.20. The molecule has 0 atom stereocenters. The third-order valence-corrected chi connectivity index (χ3v) is 2.55. The van der Waals surface area contributed by atoms with E-state index in [4.69, 9.17) is 0 Å². The molecule has 0 aliphatic rings. The number of ether oxygens (including phenoxy) is 1. The lowest BCUT2D eigenvalue weighted by molar-refractivity contribution is -0.0498. The predicted octanol–water partition coefficient (Wildman–Crippen LogP) is 3.34. The van der Waals surface area contributed by atoms with Crippen LogP contribution in [0.1, 0.15) is 5.56 Å². The number of hydrogen-bond acceptors (Lipinski definition) is 3. The Kier molecular flexibility index (Phi) is 4.66. The molecule has 0 amide bonds. The average Bonchev–Trinajstić information content (AvgIpc) is 2.41. The Morgan fingerprint density at radius 2 is 1.95 bits per heavy atom. The van der Waals surface area contributed by atoms with Crippen molar-refractivity contribution in [1.82, 2.24) is 4.98 Å². The van der Waals surface area contributed by atoms with Crippen molar-refractivity contribution in [3.8, 4) is 5.75 Å². The zero-order chi connectivity index (χ0) is 13.5. The van der Waals surface area contributed by atoms with Gasteiger partial charge in [0, 0.05) is 24.6 Å². The van der Waals surface area contributed by atoms with Crippen molar-refractivity contribution in [2.75, 3.05) is 11.9 Å². The van der Waals surface area contributed by atoms with E-state index in [-0.39, 0.29) is 5.75 Å². The Hall–Kier alpha value is -2.17. The van der Waals surface area contributed by atoms with Gasteiger partial charge in [-0.15, -0.1) is 0 Å². The van der Waals surface area contributed by atoms with Gasteiger partial charge in [0.05, 0.1) is 0 Å². The second-order valence-corrected chi connectivity index (χ2v) is 3.94. The Bertz CT molecular complexity index is 489. The summed E-state index contributed by atoms with van der Waals surface area (Å²) < 4.78 is 28.2. The van der Waals surface area contributed by atoms with Gasteiger partial charge >= 0.3 is 6.61 Å². The number of nitrogens with one attached hydrogen (secondary N) is 1. The number of anilines is 1. The van der Waals surface area contributed by atoms with Crippen molar-refractivity contribution in [2.45, 2.75) is 13.0 Å². The standard InChI is InChI=1S/C14H14F2N2O/c15-14(16)19-13-5-3-12(4-6-13)18-9-7-11-2-1-8-17-10-11/h1-6,8,10,14,18H,7,9H2. The van der Waals surface area contributed by atoms with Crippen molar-refractivity contribution in [2.24, 2.45) is 0 Å². The first kappa shape index (κ1) is 13.3. The Morgan fingerprint density at radius 3 is 2.58 bits per heavy atom. The van der Waals surface area contributed by atoms with E-state index in [1.165, 1.54) is 12.1 Å². The molecule has 1 aromatic carbocycles. The number of aromatic nitrogens is 1. The second-order valence-electron chi connectivity index (χ2n) is 3.94. The van der Waals surface area contributed by atoms with Crippen LogP contribution >= 0.6 is 0 Å². The van der Waals surface area contributed by atoms with Gasteiger partial charge in [-0.1, -0.05) is 6.07 Å². The highest BCUT2D eigenvalue weighted by molar-refractivity contribution is 5.46. The summed E-state index contributed by atoms with van der Waals surface area (Å²) in [6.07, 6.45) is 4.41. The first-order valence-corrected chi connectivity index (χ1v) is 5.92. The molecule has 1 N–H and O–H groups in total. The first-order chi connectivity index (χ1) is 9.24. The molecule has 5 heteroatoms. The van der Waals surface area contributed by atoms with E-state index in [0.717, 1.165) is 24.2 Å². The maximum Gasteiger partial charge on any atom is 0.387 e. The lowest BCUT2D eigenvalue weighted by atomic mass is 10.2. The SMILES string of the molecule is FC(F)Oc1ccc(NCCc2cccnc2)cc1. The van der Waals surface area contributed by atoms with Gasteiger partial charge in [0.2, 0.25) is 0 Å². The normalized spacial score (nSPS) is 10.5. The van der Waals surface area contributed by atoms with E-state index in [9.17, 15) is 8.78 Å². The number of benzene rings is 1. The summed E-state index contributed by atoms with van der Waals surface area (Å²) >= 11 is 0. The highest BCUT2D eigenvalue weighted by Crippen LogP contribution is 2.17. The van der Waals surface area contributed by atoms with Crippen LogP contribution in [0.25, 0.3) is 0 Å². The topological polar surface area (TPSA) is 34.1 Å². The predicted molar refractivity (Wildman–Crippen MR) is 69.5 cm³/mol. The molecule has 0 saturated heterocycles. The van der Waals surface area contributed by atoms with Gasteiger partial charge in [-0.3, -0.25) is 4.98 Å². The zero-order valence-corrected chi connectivity index (χ0v) is 10.2. The molecule has 1 aromatic heterocycles. The molecular formula is C14H14F2N2O. The fraction of sp³-hybridized carbons (Fsp3) is 0.214. The fourth-order valence-electron chi connectivity index (χ4n) is 1.65. The molecule has 2 rings (SSSR count). The molecule has 0 saturated carbocycles. The molecule has 0 unspecified atom stereocenters. The molecule has 0 spiro atoms. The number of rotatable bonds is 6. The minimum absolute atomic E-state index is 0.160. The van der Waals surface area contributed by atoms with Gasteiger partial charge in [0.15, 0.2) is 0 Å². The van der Waals surface area contributed by atoms with E-state index in [2.05, 4.69) is 15.0 Å². The molecule has 3 nitrogen and oxygen atoms in total. The van der Waals surface area contributed by atoms with Gasteiger partial charge in [0.25, 0.3) is 0 Å². The fourth-order valence-corrected chi connectivity index (χ4v) is 1.65. The molecule has 0 bridgehead atoms. The zero-order valence-electron chi connectivity index (χ0n) is 10.2. The van der Waals surface area contributed by atoms with E-state index < -0.39 is 6.61 Å². The monoisotopic (exact) mass is 264 g/mol. The quantitative estimate of drug-likeness (QED) is 0.869. The summed E-state index contributed by atoms with van der Waals surface area (Å²) in [5.41, 5.74) is 2.01. The van der Waals surface area contributed by atoms with Gasteiger partial charge in [0.1, 0.15) is 5.75 Å². The highest BCUT2D eigenvalue weighted by atomic mass is 19.3. The van der Waals surface area contributed by atoms with Gasteiger partial charge in [-0.25, -0.2) is 0 Å². The number of pyridine rings is 1. The molecule has 0 fully saturated rings. The summed E-state index contributed by atoms with van der Waals surface area (Å²) in [4.78, 5) is 4.03. The molecule has 100 valence electrons. The third kappa shape index (κ3) is 4.54. The average molecular weight is 264 g/mol. The van der Waals surface area contributed by atoms with E-state index in [0.29, 0.717) is 0 Å². The number of hydrogen-bond donors (Lipinski definition) is 1. The van der Waals surface area contributed by atoms with Crippen LogP contribution in [0.4, 0.5) is 14.5 Å². The van der Waals surface area contributed by atoms with Gasteiger partial charge in [-0.05, 0) is 42.3 Å². The molecule has 2 aromatic rings. The van der Waals surface area contributed by atoms with E-state index in [1.54, 1.807) is 18.3 Å². The summed E-state index contributed by atoms with van der Waals surface area (Å²) in [7, 11) is 0.